The summed E-state index contributed by atoms with van der Waals surface area (Å²) in [7, 11) is 0.352. The van der Waals surface area contributed by atoms with Gasteiger partial charge < -0.3 is 10.0 Å². The summed E-state index contributed by atoms with van der Waals surface area (Å²) in [6.07, 6.45) is 1.40. The molecule has 0 aliphatic carbocycles. The van der Waals surface area contributed by atoms with Crippen LogP contribution in [0.1, 0.15) is 26.7 Å². The van der Waals surface area contributed by atoms with Crippen LogP contribution >= 0.6 is 0 Å². The minimum absolute atomic E-state index is 0.0369. The third-order valence-electron chi connectivity index (χ3n) is 2.84. The molecule has 0 saturated carbocycles. The number of carboxylic acids is 1. The van der Waals surface area contributed by atoms with Crippen LogP contribution in [0.25, 0.3) is 0 Å². The highest BCUT2D eigenvalue weighted by atomic mass is 32.2. The standard InChI is InChI=1S/C12H26N2O4S/c1-5-6-9-19(17,18)14(8-7-13(3)4)10-11(2)12(15)16/h11H,5-10H2,1-4H3,(H,15,16). The molecule has 114 valence electrons. The molecule has 1 atom stereocenters. The summed E-state index contributed by atoms with van der Waals surface area (Å²) in [5, 5.41) is 8.92. The predicted molar refractivity (Wildman–Crippen MR) is 75.6 cm³/mol. The topological polar surface area (TPSA) is 77.9 Å². The van der Waals surface area contributed by atoms with E-state index in [1.165, 1.54) is 11.2 Å². The van der Waals surface area contributed by atoms with Crippen LogP contribution in [-0.4, -0.2) is 68.2 Å². The quantitative estimate of drug-likeness (QED) is 0.642. The molecule has 0 aliphatic rings. The van der Waals surface area contributed by atoms with Crippen molar-refractivity contribution in [2.75, 3.05) is 39.5 Å². The molecule has 0 bridgehead atoms. The summed E-state index contributed by atoms with van der Waals surface area (Å²) >= 11 is 0. The summed E-state index contributed by atoms with van der Waals surface area (Å²) in [6.45, 7) is 4.41. The van der Waals surface area contributed by atoms with E-state index in [0.717, 1.165) is 6.42 Å². The van der Waals surface area contributed by atoms with Gasteiger partial charge in [0, 0.05) is 19.6 Å². The van der Waals surface area contributed by atoms with Crippen molar-refractivity contribution in [1.29, 1.82) is 0 Å². The Bertz CT molecular complexity index is 368. The summed E-state index contributed by atoms with van der Waals surface area (Å²) in [5.41, 5.74) is 0. The van der Waals surface area contributed by atoms with Gasteiger partial charge in [0.1, 0.15) is 0 Å². The lowest BCUT2D eigenvalue weighted by atomic mass is 10.2. The van der Waals surface area contributed by atoms with E-state index in [2.05, 4.69) is 0 Å². The summed E-state index contributed by atoms with van der Waals surface area (Å²) in [4.78, 5) is 12.8. The van der Waals surface area contributed by atoms with E-state index in [-0.39, 0.29) is 12.3 Å². The molecule has 7 heteroatoms. The van der Waals surface area contributed by atoms with Gasteiger partial charge in [-0.1, -0.05) is 20.3 Å². The van der Waals surface area contributed by atoms with Crippen LogP contribution in [0.15, 0.2) is 0 Å². The fourth-order valence-electron chi connectivity index (χ4n) is 1.49. The molecule has 0 saturated heterocycles. The molecule has 6 nitrogen and oxygen atoms in total. The molecule has 0 aromatic heterocycles. The Labute approximate surface area is 116 Å². The van der Waals surface area contributed by atoms with Crippen molar-refractivity contribution in [3.8, 4) is 0 Å². The van der Waals surface area contributed by atoms with E-state index < -0.39 is 21.9 Å². The van der Waals surface area contributed by atoms with Gasteiger partial charge in [-0.15, -0.1) is 0 Å². The highest BCUT2D eigenvalue weighted by molar-refractivity contribution is 7.89. The third kappa shape index (κ3) is 7.49. The van der Waals surface area contributed by atoms with Gasteiger partial charge in [0.25, 0.3) is 0 Å². The lowest BCUT2D eigenvalue weighted by Gasteiger charge is -2.25. The van der Waals surface area contributed by atoms with Gasteiger partial charge in [0.05, 0.1) is 11.7 Å². The summed E-state index contributed by atoms with van der Waals surface area (Å²) in [6, 6.07) is 0. The van der Waals surface area contributed by atoms with Gasteiger partial charge in [-0.05, 0) is 20.5 Å². The molecule has 19 heavy (non-hydrogen) atoms. The molecular formula is C12H26N2O4S. The fraction of sp³-hybridized carbons (Fsp3) is 0.917. The molecule has 1 N–H and O–H groups in total. The Morgan fingerprint density at radius 3 is 2.26 bits per heavy atom. The lowest BCUT2D eigenvalue weighted by Crippen LogP contribution is -2.41. The number of hydrogen-bond acceptors (Lipinski definition) is 4. The van der Waals surface area contributed by atoms with Gasteiger partial charge in [0.15, 0.2) is 0 Å². The maximum absolute atomic E-state index is 12.2. The Morgan fingerprint density at radius 2 is 1.84 bits per heavy atom. The number of rotatable bonds is 10. The van der Waals surface area contributed by atoms with Gasteiger partial charge in [-0.2, -0.15) is 4.31 Å². The van der Waals surface area contributed by atoms with Gasteiger partial charge in [-0.25, -0.2) is 8.42 Å². The highest BCUT2D eigenvalue weighted by Crippen LogP contribution is 2.09. The number of aliphatic carboxylic acids is 1. The Balaban J connectivity index is 4.78. The number of carboxylic acid groups (broad SMARTS) is 1. The monoisotopic (exact) mass is 294 g/mol. The van der Waals surface area contributed by atoms with Gasteiger partial charge in [0.2, 0.25) is 10.0 Å². The average Bonchev–Trinajstić information content (AvgIpc) is 2.30. The van der Waals surface area contributed by atoms with Gasteiger partial charge in [-0.3, -0.25) is 4.79 Å². The average molecular weight is 294 g/mol. The summed E-state index contributed by atoms with van der Waals surface area (Å²) in [5.74, 6) is -1.58. The number of nitrogens with zero attached hydrogens (tertiary/aromatic N) is 2. The smallest absolute Gasteiger partial charge is 0.307 e. The van der Waals surface area contributed by atoms with E-state index in [1.807, 2.05) is 25.9 Å². The molecule has 0 amide bonds. The third-order valence-corrected chi connectivity index (χ3v) is 4.77. The molecule has 0 rings (SSSR count). The second kappa shape index (κ2) is 8.50. The number of sulfonamides is 1. The molecule has 0 aromatic carbocycles. The van der Waals surface area contributed by atoms with E-state index in [0.29, 0.717) is 19.5 Å². The molecule has 0 aliphatic heterocycles. The molecule has 0 heterocycles. The number of likely N-dealkylation sites (N-methyl/N-ethyl adjacent to an activating group) is 1. The minimum Gasteiger partial charge on any atom is -0.481 e. The highest BCUT2D eigenvalue weighted by Gasteiger charge is 2.25. The molecular weight excluding hydrogens is 268 g/mol. The van der Waals surface area contributed by atoms with Crippen LogP contribution in [0.2, 0.25) is 0 Å². The van der Waals surface area contributed by atoms with Crippen LogP contribution < -0.4 is 0 Å². The zero-order valence-corrected chi connectivity index (χ0v) is 13.1. The SMILES string of the molecule is CCCCS(=O)(=O)N(CCN(C)C)CC(C)C(=O)O. The van der Waals surface area contributed by atoms with Crippen molar-refractivity contribution in [3.63, 3.8) is 0 Å². The van der Waals surface area contributed by atoms with Crippen molar-refractivity contribution in [1.82, 2.24) is 9.21 Å². The van der Waals surface area contributed by atoms with Crippen molar-refractivity contribution >= 4 is 16.0 Å². The van der Waals surface area contributed by atoms with Crippen molar-refractivity contribution < 1.29 is 18.3 Å². The Hall–Kier alpha value is -0.660. The van der Waals surface area contributed by atoms with Crippen molar-refractivity contribution in [3.05, 3.63) is 0 Å². The van der Waals surface area contributed by atoms with E-state index in [9.17, 15) is 13.2 Å². The van der Waals surface area contributed by atoms with Crippen LogP contribution in [0.4, 0.5) is 0 Å². The van der Waals surface area contributed by atoms with E-state index in [1.54, 1.807) is 0 Å². The van der Waals surface area contributed by atoms with Crippen LogP contribution in [0, 0.1) is 5.92 Å². The zero-order valence-electron chi connectivity index (χ0n) is 12.3. The van der Waals surface area contributed by atoms with Gasteiger partial charge >= 0.3 is 5.97 Å². The summed E-state index contributed by atoms with van der Waals surface area (Å²) < 4.78 is 25.7. The number of hydrogen-bond donors (Lipinski definition) is 1. The molecule has 0 aromatic rings. The first-order valence-electron chi connectivity index (χ1n) is 6.56. The fourth-order valence-corrected chi connectivity index (χ4v) is 3.22. The minimum atomic E-state index is -3.37. The maximum atomic E-state index is 12.2. The van der Waals surface area contributed by atoms with Crippen LogP contribution in [0.3, 0.4) is 0 Å². The lowest BCUT2D eigenvalue weighted by molar-refractivity contribution is -0.141. The largest absolute Gasteiger partial charge is 0.481 e. The molecule has 0 fully saturated rings. The zero-order chi connectivity index (χ0) is 15.1. The van der Waals surface area contributed by atoms with Crippen molar-refractivity contribution in [2.24, 2.45) is 5.92 Å². The normalized spacial score (nSPS) is 14.0. The second-order valence-corrected chi connectivity index (χ2v) is 7.16. The Kier molecular flexibility index (Phi) is 8.20. The van der Waals surface area contributed by atoms with E-state index in [4.69, 9.17) is 5.11 Å². The first kappa shape index (κ1) is 18.3. The number of unbranched alkanes of at least 4 members (excludes halogenated alkanes) is 1. The predicted octanol–water partition coefficient (Wildman–Crippen LogP) is 0.701. The van der Waals surface area contributed by atoms with Crippen LogP contribution in [-0.2, 0) is 14.8 Å². The van der Waals surface area contributed by atoms with Crippen molar-refractivity contribution in [2.45, 2.75) is 26.7 Å². The molecule has 1 unspecified atom stereocenters. The Morgan fingerprint density at radius 1 is 1.26 bits per heavy atom. The first-order chi connectivity index (χ1) is 8.70. The molecule has 0 radical (unpaired) electrons. The maximum Gasteiger partial charge on any atom is 0.307 e. The first-order valence-corrected chi connectivity index (χ1v) is 8.17. The van der Waals surface area contributed by atoms with E-state index >= 15 is 0 Å². The molecule has 0 spiro atoms. The van der Waals surface area contributed by atoms with Crippen LogP contribution in [0.5, 0.6) is 0 Å². The second-order valence-electron chi connectivity index (χ2n) is 5.07. The number of carbonyl (C=O) groups is 1.